The van der Waals surface area contributed by atoms with Crippen molar-refractivity contribution in [3.63, 3.8) is 0 Å². The fraction of sp³-hybridized carbons (Fsp3) is 0.538. The molecule has 84 valence electrons. The molecule has 0 aliphatic heterocycles. The Balaban J connectivity index is 2.53. The number of hydrogen-bond acceptors (Lipinski definition) is 1. The quantitative estimate of drug-likeness (QED) is 0.786. The van der Waals surface area contributed by atoms with Crippen LogP contribution in [0.4, 0.5) is 4.39 Å². The normalized spacial score (nSPS) is 12.8. The molecule has 1 aromatic rings. The molecule has 15 heavy (non-hydrogen) atoms. The maximum absolute atomic E-state index is 13.0. The van der Waals surface area contributed by atoms with Crippen LogP contribution in [0.15, 0.2) is 18.2 Å². The number of hydrogen-bond donors (Lipinski definition) is 1. The molecule has 0 aliphatic rings. The van der Waals surface area contributed by atoms with Crippen LogP contribution in [0.5, 0.6) is 0 Å². The van der Waals surface area contributed by atoms with Gasteiger partial charge in [-0.1, -0.05) is 26.0 Å². The van der Waals surface area contributed by atoms with E-state index >= 15 is 0 Å². The van der Waals surface area contributed by atoms with Crippen LogP contribution >= 0.6 is 0 Å². The van der Waals surface area contributed by atoms with Crippen LogP contribution in [0, 0.1) is 18.7 Å². The Kier molecular flexibility index (Phi) is 4.76. The Labute approximate surface area is 91.7 Å². The van der Waals surface area contributed by atoms with Gasteiger partial charge in [0.1, 0.15) is 5.82 Å². The van der Waals surface area contributed by atoms with Gasteiger partial charge in [-0.15, -0.1) is 0 Å². The smallest absolute Gasteiger partial charge is 0.126 e. The molecule has 0 radical (unpaired) electrons. The summed E-state index contributed by atoms with van der Waals surface area (Å²) < 4.78 is 13.0. The lowest BCUT2D eigenvalue weighted by Crippen LogP contribution is -2.21. The second-order valence-corrected chi connectivity index (χ2v) is 4.20. The van der Waals surface area contributed by atoms with Crippen LogP contribution in [0.25, 0.3) is 0 Å². The zero-order valence-electron chi connectivity index (χ0n) is 9.81. The largest absolute Gasteiger partial charge is 0.317 e. The third-order valence-electron chi connectivity index (χ3n) is 2.55. The molecule has 0 saturated carbocycles. The lowest BCUT2D eigenvalue weighted by molar-refractivity contribution is 0.520. The molecule has 0 aromatic heterocycles. The van der Waals surface area contributed by atoms with Gasteiger partial charge in [0.2, 0.25) is 0 Å². The second kappa shape index (κ2) is 5.86. The summed E-state index contributed by atoms with van der Waals surface area (Å²) >= 11 is 0. The number of halogens is 1. The molecular formula is C13H20FN. The zero-order valence-corrected chi connectivity index (χ0v) is 9.81. The number of aryl methyl sites for hydroxylation is 1. The van der Waals surface area contributed by atoms with E-state index in [1.54, 1.807) is 6.07 Å². The van der Waals surface area contributed by atoms with E-state index < -0.39 is 0 Å². The lowest BCUT2D eigenvalue weighted by atomic mass is 9.99. The molecule has 1 aromatic carbocycles. The average Bonchev–Trinajstić information content (AvgIpc) is 2.20. The zero-order chi connectivity index (χ0) is 11.3. The molecule has 0 aliphatic carbocycles. The van der Waals surface area contributed by atoms with E-state index in [0.29, 0.717) is 5.92 Å². The Hall–Kier alpha value is -0.890. The van der Waals surface area contributed by atoms with Crippen LogP contribution in [0.3, 0.4) is 0 Å². The highest BCUT2D eigenvalue weighted by Crippen LogP contribution is 2.13. The van der Waals surface area contributed by atoms with Crippen LogP contribution in [0.1, 0.15) is 25.0 Å². The van der Waals surface area contributed by atoms with E-state index in [9.17, 15) is 4.39 Å². The Morgan fingerprint density at radius 1 is 1.40 bits per heavy atom. The highest BCUT2D eigenvalue weighted by Gasteiger charge is 2.04. The van der Waals surface area contributed by atoms with Crippen molar-refractivity contribution in [1.82, 2.24) is 5.32 Å². The average molecular weight is 209 g/mol. The van der Waals surface area contributed by atoms with Gasteiger partial charge in [-0.05, 0) is 49.5 Å². The van der Waals surface area contributed by atoms with E-state index in [1.807, 2.05) is 19.1 Å². The van der Waals surface area contributed by atoms with Gasteiger partial charge in [0.15, 0.2) is 0 Å². The van der Waals surface area contributed by atoms with Crippen molar-refractivity contribution in [2.75, 3.05) is 13.1 Å². The maximum Gasteiger partial charge on any atom is 0.126 e. The predicted octanol–water partition coefficient (Wildman–Crippen LogP) is 2.92. The number of rotatable bonds is 5. The molecule has 0 spiro atoms. The van der Waals surface area contributed by atoms with E-state index in [2.05, 4.69) is 19.2 Å². The van der Waals surface area contributed by atoms with Crippen molar-refractivity contribution in [2.24, 2.45) is 5.92 Å². The van der Waals surface area contributed by atoms with E-state index in [-0.39, 0.29) is 5.82 Å². The first kappa shape index (κ1) is 12.2. The lowest BCUT2D eigenvalue weighted by Gasteiger charge is -2.12. The van der Waals surface area contributed by atoms with Gasteiger partial charge in [0, 0.05) is 0 Å². The second-order valence-electron chi connectivity index (χ2n) is 4.20. The van der Waals surface area contributed by atoms with Crippen molar-refractivity contribution in [1.29, 1.82) is 0 Å². The van der Waals surface area contributed by atoms with Crippen LogP contribution in [-0.2, 0) is 6.42 Å². The number of nitrogens with one attached hydrogen (secondary N) is 1. The van der Waals surface area contributed by atoms with Gasteiger partial charge in [-0.2, -0.15) is 0 Å². The first-order chi connectivity index (χ1) is 7.13. The van der Waals surface area contributed by atoms with Gasteiger partial charge < -0.3 is 5.32 Å². The van der Waals surface area contributed by atoms with Gasteiger partial charge >= 0.3 is 0 Å². The Morgan fingerprint density at radius 3 is 2.73 bits per heavy atom. The SMILES string of the molecule is CCNCC(C)Cc1ccc(F)c(C)c1. The van der Waals surface area contributed by atoms with Crippen molar-refractivity contribution in [2.45, 2.75) is 27.2 Å². The molecule has 2 heteroatoms. The van der Waals surface area contributed by atoms with Crippen LogP contribution in [-0.4, -0.2) is 13.1 Å². The molecule has 0 bridgehead atoms. The molecule has 0 amide bonds. The van der Waals surface area contributed by atoms with Crippen molar-refractivity contribution >= 4 is 0 Å². The molecule has 0 saturated heterocycles. The third kappa shape index (κ3) is 4.00. The molecule has 1 rings (SSSR count). The van der Waals surface area contributed by atoms with E-state index in [1.165, 1.54) is 5.56 Å². The summed E-state index contributed by atoms with van der Waals surface area (Å²) in [6, 6.07) is 5.38. The van der Waals surface area contributed by atoms with Gasteiger partial charge in [0.25, 0.3) is 0 Å². The maximum atomic E-state index is 13.0. The Bertz CT molecular complexity index is 309. The minimum absolute atomic E-state index is 0.113. The fourth-order valence-electron chi connectivity index (χ4n) is 1.70. The molecule has 1 unspecified atom stereocenters. The first-order valence-electron chi connectivity index (χ1n) is 5.59. The monoisotopic (exact) mass is 209 g/mol. The summed E-state index contributed by atoms with van der Waals surface area (Å²) in [6.07, 6.45) is 1.01. The van der Waals surface area contributed by atoms with Gasteiger partial charge in [0.05, 0.1) is 0 Å². The summed E-state index contributed by atoms with van der Waals surface area (Å²) in [7, 11) is 0. The summed E-state index contributed by atoms with van der Waals surface area (Å²) in [5.41, 5.74) is 1.96. The highest BCUT2D eigenvalue weighted by molar-refractivity contribution is 5.24. The minimum Gasteiger partial charge on any atom is -0.317 e. The number of benzene rings is 1. The van der Waals surface area contributed by atoms with E-state index in [4.69, 9.17) is 0 Å². The van der Waals surface area contributed by atoms with Crippen molar-refractivity contribution < 1.29 is 4.39 Å². The third-order valence-corrected chi connectivity index (χ3v) is 2.55. The van der Waals surface area contributed by atoms with Crippen molar-refractivity contribution in [3.05, 3.63) is 35.1 Å². The summed E-state index contributed by atoms with van der Waals surface area (Å²) in [6.45, 7) is 8.16. The van der Waals surface area contributed by atoms with Crippen LogP contribution in [0.2, 0.25) is 0 Å². The molecule has 0 heterocycles. The molecule has 1 nitrogen and oxygen atoms in total. The van der Waals surface area contributed by atoms with Gasteiger partial charge in [-0.3, -0.25) is 0 Å². The molecule has 1 atom stereocenters. The Morgan fingerprint density at radius 2 is 2.13 bits per heavy atom. The standard InChI is InChI=1S/C13H20FN/c1-4-15-9-10(2)7-12-5-6-13(14)11(3)8-12/h5-6,8,10,15H,4,7,9H2,1-3H3. The van der Waals surface area contributed by atoms with Gasteiger partial charge in [-0.25, -0.2) is 4.39 Å². The summed E-state index contributed by atoms with van der Waals surface area (Å²) in [5, 5.41) is 3.32. The van der Waals surface area contributed by atoms with Crippen LogP contribution < -0.4 is 5.32 Å². The summed E-state index contributed by atoms with van der Waals surface area (Å²) in [4.78, 5) is 0. The van der Waals surface area contributed by atoms with Crippen molar-refractivity contribution in [3.8, 4) is 0 Å². The minimum atomic E-state index is -0.113. The topological polar surface area (TPSA) is 12.0 Å². The first-order valence-corrected chi connectivity index (χ1v) is 5.59. The van der Waals surface area contributed by atoms with E-state index in [0.717, 1.165) is 25.1 Å². The summed E-state index contributed by atoms with van der Waals surface area (Å²) in [5.74, 6) is 0.480. The molecule has 1 N–H and O–H groups in total. The molecular weight excluding hydrogens is 189 g/mol. The molecule has 0 fully saturated rings. The fourth-order valence-corrected chi connectivity index (χ4v) is 1.70. The predicted molar refractivity (Wildman–Crippen MR) is 62.5 cm³/mol. The highest BCUT2D eigenvalue weighted by atomic mass is 19.1.